The van der Waals surface area contributed by atoms with Crippen molar-refractivity contribution in [2.45, 2.75) is 69.7 Å². The fourth-order valence-electron chi connectivity index (χ4n) is 5.20. The molecule has 42 heavy (non-hydrogen) atoms. The number of hydrogen-bond donors (Lipinski definition) is 3. The summed E-state index contributed by atoms with van der Waals surface area (Å²) in [4.78, 5) is 27.0. The Hall–Kier alpha value is -2.86. The molecule has 6 atom stereocenters. The van der Waals surface area contributed by atoms with Gasteiger partial charge in [0.05, 0.1) is 21.4 Å². The van der Waals surface area contributed by atoms with E-state index in [1.807, 2.05) is 18.2 Å². The number of esters is 1. The Labute approximate surface area is 250 Å². The maximum atomic E-state index is 14.5. The third-order valence-corrected chi connectivity index (χ3v) is 9.71. The van der Waals surface area contributed by atoms with Crippen LogP contribution in [0.4, 0.5) is 0 Å². The highest BCUT2D eigenvalue weighted by atomic mass is 32.1. The summed E-state index contributed by atoms with van der Waals surface area (Å²) < 4.78 is 56.0. The van der Waals surface area contributed by atoms with E-state index in [1.165, 1.54) is 20.0 Å². The van der Waals surface area contributed by atoms with Gasteiger partial charge in [-0.25, -0.2) is 4.57 Å². The molecular formula is C29H35N2O9PS. The number of aliphatic hydroxyl groups is 2. The number of aliphatic hydroxyl groups excluding tert-OH is 1. The Balaban J connectivity index is 1.45. The van der Waals surface area contributed by atoms with Crippen LogP contribution < -0.4 is 10.1 Å². The number of nitrogens with zero attached hydrogens (tertiary/aromatic N) is 1. The fraction of sp³-hybridized carbons (Fsp3) is 0.483. The van der Waals surface area contributed by atoms with Gasteiger partial charge in [0.2, 0.25) is 0 Å². The summed E-state index contributed by atoms with van der Waals surface area (Å²) in [6.07, 6.45) is -1.46. The van der Waals surface area contributed by atoms with Crippen LogP contribution in [0.1, 0.15) is 48.5 Å². The Morgan fingerprint density at radius 1 is 1.26 bits per heavy atom. The minimum atomic E-state index is -4.57. The Bertz CT molecular complexity index is 1690. The van der Waals surface area contributed by atoms with Crippen molar-refractivity contribution in [1.82, 2.24) is 9.55 Å². The predicted molar refractivity (Wildman–Crippen MR) is 157 cm³/mol. The zero-order valence-corrected chi connectivity index (χ0v) is 24.9. The Morgan fingerprint density at radius 2 is 1.98 bits per heavy atom. The quantitative estimate of drug-likeness (QED) is 0.168. The van der Waals surface area contributed by atoms with Crippen LogP contribution in [-0.2, 0) is 23.4 Å². The minimum absolute atomic E-state index is 0.135. The van der Waals surface area contributed by atoms with Gasteiger partial charge in [-0.1, -0.05) is 43.3 Å². The molecule has 5 rings (SSSR count). The highest BCUT2D eigenvalue weighted by Gasteiger charge is 2.54. The van der Waals surface area contributed by atoms with Gasteiger partial charge in [0.25, 0.3) is 5.56 Å². The number of aromatic nitrogens is 2. The van der Waals surface area contributed by atoms with Crippen molar-refractivity contribution < 1.29 is 40.8 Å². The number of nitrogens with one attached hydrogen (secondary N) is 1. The van der Waals surface area contributed by atoms with Gasteiger partial charge < -0.3 is 24.2 Å². The number of H-pyrrole nitrogens is 1. The second-order valence-electron chi connectivity index (χ2n) is 10.9. The monoisotopic (exact) mass is 620 g/mol. The summed E-state index contributed by atoms with van der Waals surface area (Å²) >= 11 is 5.17. The van der Waals surface area contributed by atoms with Gasteiger partial charge in [-0.2, -0.15) is 0 Å². The van der Waals surface area contributed by atoms with Crippen molar-refractivity contribution in [2.75, 3.05) is 12.7 Å². The van der Waals surface area contributed by atoms with E-state index in [-0.39, 0.29) is 16.6 Å². The fourth-order valence-corrected chi connectivity index (χ4v) is 7.19. The molecule has 13 heteroatoms. The molecule has 3 aromatic rings. The van der Waals surface area contributed by atoms with Gasteiger partial charge in [-0.3, -0.25) is 23.7 Å². The number of aromatic amines is 1. The topological polar surface area (TPSA) is 149 Å². The number of carbonyl (C=O) groups is 1. The Morgan fingerprint density at radius 3 is 2.71 bits per heavy atom. The summed E-state index contributed by atoms with van der Waals surface area (Å²) in [6, 6.07) is 13.3. The maximum absolute atomic E-state index is 14.5. The first-order valence-electron chi connectivity index (χ1n) is 14.8. The van der Waals surface area contributed by atoms with E-state index in [1.54, 1.807) is 24.3 Å². The van der Waals surface area contributed by atoms with Crippen molar-refractivity contribution in [2.24, 2.45) is 5.92 Å². The van der Waals surface area contributed by atoms with E-state index < -0.39 is 61.8 Å². The molecule has 2 heterocycles. The van der Waals surface area contributed by atoms with Crippen LogP contribution in [0.3, 0.4) is 0 Å². The largest absolute Gasteiger partial charge is 0.462 e. The summed E-state index contributed by atoms with van der Waals surface area (Å²) in [5.41, 5.74) is -2.64. The maximum Gasteiger partial charge on any atom is 0.380 e. The number of rotatable bonds is 10. The lowest BCUT2D eigenvalue weighted by atomic mass is 9.96. The SMILES string of the molecule is [2H]C([2H])(O[P@](=O)(C[C@@H](C)C(=O)OC1CCCC1)Oc1cccc2ccccc12)[C@H]1O[C@@H](n2ccc(=O)[nH]c2=S)C(C)(O)[C@H]1O. The summed E-state index contributed by atoms with van der Waals surface area (Å²) in [5, 5.41) is 23.6. The van der Waals surface area contributed by atoms with Crippen LogP contribution in [0.5, 0.6) is 5.75 Å². The predicted octanol–water partition coefficient (Wildman–Crippen LogP) is 4.48. The van der Waals surface area contributed by atoms with Crippen molar-refractivity contribution in [3.63, 3.8) is 0 Å². The van der Waals surface area contributed by atoms with Crippen LogP contribution in [0.2, 0.25) is 0 Å². The molecule has 2 aromatic carbocycles. The lowest BCUT2D eigenvalue weighted by molar-refractivity contribution is -0.152. The number of hydrogen-bond acceptors (Lipinski definition) is 10. The molecule has 1 aliphatic heterocycles. The van der Waals surface area contributed by atoms with Crippen LogP contribution >= 0.6 is 19.8 Å². The third-order valence-electron chi connectivity index (χ3n) is 7.54. The molecule has 1 aliphatic carbocycles. The van der Waals surface area contributed by atoms with Gasteiger partial charge >= 0.3 is 13.6 Å². The molecule has 0 bridgehead atoms. The van der Waals surface area contributed by atoms with Gasteiger partial charge in [-0.05, 0) is 56.3 Å². The normalized spacial score (nSPS) is 27.7. The van der Waals surface area contributed by atoms with E-state index in [0.717, 1.165) is 41.7 Å². The smallest absolute Gasteiger partial charge is 0.380 e. The highest BCUT2D eigenvalue weighted by molar-refractivity contribution is 7.71. The number of ether oxygens (including phenoxy) is 2. The molecule has 1 saturated heterocycles. The lowest BCUT2D eigenvalue weighted by Gasteiger charge is -2.28. The second kappa shape index (κ2) is 12.4. The molecular weight excluding hydrogens is 583 g/mol. The van der Waals surface area contributed by atoms with Crippen molar-refractivity contribution in [3.8, 4) is 5.75 Å². The van der Waals surface area contributed by atoms with E-state index in [4.69, 9.17) is 33.5 Å². The van der Waals surface area contributed by atoms with Crippen molar-refractivity contribution in [1.29, 1.82) is 0 Å². The van der Waals surface area contributed by atoms with Crippen LogP contribution in [0, 0.1) is 10.7 Å². The first kappa shape index (κ1) is 27.9. The average Bonchev–Trinajstić information content (AvgIpc) is 3.54. The van der Waals surface area contributed by atoms with Gasteiger partial charge in [0, 0.05) is 17.6 Å². The van der Waals surface area contributed by atoms with Crippen LogP contribution in [0.15, 0.2) is 59.5 Å². The first-order valence-corrected chi connectivity index (χ1v) is 15.9. The molecule has 2 aliphatic rings. The number of benzene rings is 2. The van der Waals surface area contributed by atoms with E-state index in [0.29, 0.717) is 5.39 Å². The standard InChI is InChI=1S/C29H35N2O9PS/c1-18(26(34)38-20-10-4-5-11-20)17-41(36,40-22-13-7-9-19-8-3-6-12-21(19)22)37-16-23-25(33)29(2,35)27(39-23)31-15-14-24(32)30-28(31)42/h3,6-9,12-15,18,20,23,25,27,33,35H,4-5,10-11,16-17H2,1-2H3,(H,30,32,42)/t18-,23-,25+,27-,29?,41-/m1/s1/i16D2. The van der Waals surface area contributed by atoms with Crippen molar-refractivity contribution in [3.05, 3.63) is 69.9 Å². The third kappa shape index (κ3) is 6.54. The average molecular weight is 621 g/mol. The van der Waals surface area contributed by atoms with Crippen LogP contribution in [0.25, 0.3) is 10.8 Å². The second-order valence-corrected chi connectivity index (χ2v) is 13.3. The molecule has 0 radical (unpaired) electrons. The zero-order valence-electron chi connectivity index (χ0n) is 25.2. The number of fused-ring (bicyclic) bond motifs is 1. The molecule has 0 spiro atoms. The first-order chi connectivity index (χ1) is 20.7. The molecule has 226 valence electrons. The van der Waals surface area contributed by atoms with E-state index in [9.17, 15) is 24.4 Å². The van der Waals surface area contributed by atoms with Crippen molar-refractivity contribution >= 4 is 36.6 Å². The molecule has 1 aromatic heterocycles. The Kier molecular flexibility index (Phi) is 8.25. The molecule has 3 N–H and O–H groups in total. The van der Waals surface area contributed by atoms with Gasteiger partial charge in [-0.15, -0.1) is 0 Å². The molecule has 0 amide bonds. The molecule has 11 nitrogen and oxygen atoms in total. The van der Waals surface area contributed by atoms with E-state index >= 15 is 0 Å². The molecule has 1 unspecified atom stereocenters. The van der Waals surface area contributed by atoms with Crippen LogP contribution in [-0.4, -0.2) is 62.4 Å². The minimum Gasteiger partial charge on any atom is -0.462 e. The lowest BCUT2D eigenvalue weighted by Crippen LogP contribution is -2.44. The number of carbonyl (C=O) groups excluding carboxylic acids is 1. The molecule has 1 saturated carbocycles. The van der Waals surface area contributed by atoms with Gasteiger partial charge in [0.15, 0.2) is 11.0 Å². The zero-order chi connectivity index (χ0) is 31.9. The summed E-state index contributed by atoms with van der Waals surface area (Å²) in [6.45, 7) is -0.328. The summed E-state index contributed by atoms with van der Waals surface area (Å²) in [7, 11) is -4.57. The van der Waals surface area contributed by atoms with Gasteiger partial charge in [0.1, 0.15) is 29.7 Å². The highest BCUT2D eigenvalue weighted by Crippen LogP contribution is 2.52. The summed E-state index contributed by atoms with van der Waals surface area (Å²) in [5.74, 6) is -1.48. The molecule has 2 fully saturated rings. The van der Waals surface area contributed by atoms with E-state index in [2.05, 4.69) is 4.98 Å².